The maximum Gasteiger partial charge on any atom is 0.211 e. The molecule has 136 valence electrons. The third kappa shape index (κ3) is 3.75. The van der Waals surface area contributed by atoms with Crippen molar-refractivity contribution >= 4 is 35.1 Å². The largest absolute Gasteiger partial charge is 0.493 e. The monoisotopic (exact) mass is 376 g/mol. The highest BCUT2D eigenvalue weighted by Crippen LogP contribution is 2.22. The van der Waals surface area contributed by atoms with Gasteiger partial charge in [-0.3, -0.25) is 4.57 Å². The number of para-hydroxylation sites is 1. The second kappa shape index (κ2) is 7.72. The van der Waals surface area contributed by atoms with Crippen LogP contribution in [0, 0.1) is 0 Å². The summed E-state index contributed by atoms with van der Waals surface area (Å²) in [6.45, 7) is 2.88. The van der Waals surface area contributed by atoms with Crippen LogP contribution < -0.4 is 15.4 Å². The molecule has 1 N–H and O–H groups in total. The van der Waals surface area contributed by atoms with E-state index in [2.05, 4.69) is 16.9 Å². The Morgan fingerprint density at radius 1 is 1.19 bits per heavy atom. The smallest absolute Gasteiger partial charge is 0.211 e. The molecule has 0 unspecified atom stereocenters. The number of nitrogens with zero attached hydrogens (tertiary/aromatic N) is 4. The molecule has 6 heteroatoms. The Hall–Kier alpha value is -2.99. The number of aliphatic imine (C=N–C) groups is 1. The van der Waals surface area contributed by atoms with E-state index in [4.69, 9.17) is 4.99 Å². The second-order valence-corrected chi connectivity index (χ2v) is 7.30. The first-order chi connectivity index (χ1) is 13.2. The van der Waals surface area contributed by atoms with Gasteiger partial charge in [-0.2, -0.15) is 0 Å². The standard InChI is InChI=1S/C21H20N4OS/c1-2-3-11-25-20(26)19(27-21(25)24-16-7-5-4-6-8-16)13-15-9-10-17-18(12-15)23-14-22-17/h4-10,12-14,26H,2-3,11H2,1H3. The Bertz CT molecular complexity index is 1170. The zero-order chi connectivity index (χ0) is 18.6. The molecule has 1 aromatic heterocycles. The molecule has 2 aromatic carbocycles. The van der Waals surface area contributed by atoms with Gasteiger partial charge in [-0.1, -0.05) is 48.9 Å². The quantitative estimate of drug-likeness (QED) is 0.729. The van der Waals surface area contributed by atoms with Gasteiger partial charge >= 0.3 is 0 Å². The van der Waals surface area contributed by atoms with E-state index in [1.165, 1.54) is 11.3 Å². The molecular formula is C21H20N4OS. The summed E-state index contributed by atoms with van der Waals surface area (Å²) < 4.78 is 1.90. The van der Waals surface area contributed by atoms with E-state index < -0.39 is 0 Å². The van der Waals surface area contributed by atoms with Gasteiger partial charge in [0.2, 0.25) is 5.88 Å². The van der Waals surface area contributed by atoms with Crippen molar-refractivity contribution in [2.45, 2.75) is 26.3 Å². The van der Waals surface area contributed by atoms with Gasteiger partial charge in [0.15, 0.2) is 4.80 Å². The summed E-state index contributed by atoms with van der Waals surface area (Å²) in [5.74, 6) is 0.261. The molecule has 0 bridgehead atoms. The Labute approximate surface area is 161 Å². The minimum Gasteiger partial charge on any atom is -0.493 e. The SMILES string of the molecule is CCCCn1c(O)c(C=c2ccc3c(c2)N=CN=3)sc1=Nc1ccccc1. The number of hydrogen-bond acceptors (Lipinski definition) is 5. The van der Waals surface area contributed by atoms with E-state index in [0.29, 0.717) is 0 Å². The summed E-state index contributed by atoms with van der Waals surface area (Å²) in [5, 5.41) is 12.7. The summed E-state index contributed by atoms with van der Waals surface area (Å²) in [6, 6.07) is 15.7. The minimum atomic E-state index is 0.261. The van der Waals surface area contributed by atoms with Crippen LogP contribution in [0.5, 0.6) is 5.88 Å². The van der Waals surface area contributed by atoms with Gasteiger partial charge in [-0.15, -0.1) is 0 Å². The fourth-order valence-corrected chi connectivity index (χ4v) is 3.91. The molecule has 0 fully saturated rings. The lowest BCUT2D eigenvalue weighted by Gasteiger charge is -2.03. The first-order valence-corrected chi connectivity index (χ1v) is 9.81. The molecule has 0 spiro atoms. The van der Waals surface area contributed by atoms with Gasteiger partial charge < -0.3 is 5.11 Å². The number of unbranched alkanes of at least 4 members (excludes halogenated alkanes) is 1. The van der Waals surface area contributed by atoms with Crippen molar-refractivity contribution in [2.75, 3.05) is 0 Å². The van der Waals surface area contributed by atoms with E-state index in [0.717, 1.165) is 51.0 Å². The fourth-order valence-electron chi connectivity index (χ4n) is 2.88. The van der Waals surface area contributed by atoms with Gasteiger partial charge in [0.25, 0.3) is 0 Å². The third-order valence-electron chi connectivity index (χ3n) is 4.32. The zero-order valence-corrected chi connectivity index (χ0v) is 15.9. The van der Waals surface area contributed by atoms with Crippen LogP contribution in [0.3, 0.4) is 0 Å². The van der Waals surface area contributed by atoms with Gasteiger partial charge in [0, 0.05) is 6.54 Å². The molecule has 3 aromatic rings. The topological polar surface area (TPSA) is 62.2 Å². The van der Waals surface area contributed by atoms with E-state index in [-0.39, 0.29) is 5.88 Å². The first kappa shape index (κ1) is 17.4. The molecule has 0 amide bonds. The summed E-state index contributed by atoms with van der Waals surface area (Å²) in [7, 11) is 0. The number of aromatic hydroxyl groups is 1. The molecule has 27 heavy (non-hydrogen) atoms. The molecule has 2 heterocycles. The minimum absolute atomic E-state index is 0.261. The maximum absolute atomic E-state index is 10.8. The van der Waals surface area contributed by atoms with Crippen molar-refractivity contribution in [3.8, 4) is 5.88 Å². The highest BCUT2D eigenvalue weighted by atomic mass is 32.1. The van der Waals surface area contributed by atoms with Gasteiger partial charge in [-0.25, -0.2) is 15.0 Å². The number of fused-ring (bicyclic) bond motifs is 1. The van der Waals surface area contributed by atoms with E-state index in [9.17, 15) is 5.11 Å². The van der Waals surface area contributed by atoms with Gasteiger partial charge in [0.1, 0.15) is 6.34 Å². The highest BCUT2D eigenvalue weighted by molar-refractivity contribution is 7.10. The number of rotatable bonds is 5. The van der Waals surface area contributed by atoms with E-state index in [1.807, 2.05) is 59.2 Å². The molecule has 0 saturated carbocycles. The number of hydrogen-bond donors (Lipinski definition) is 1. The predicted octanol–water partition coefficient (Wildman–Crippen LogP) is 3.41. The second-order valence-electron chi connectivity index (χ2n) is 6.29. The van der Waals surface area contributed by atoms with Crippen LogP contribution in [0.4, 0.5) is 11.4 Å². The predicted molar refractivity (Wildman–Crippen MR) is 109 cm³/mol. The van der Waals surface area contributed by atoms with Crippen LogP contribution in [-0.4, -0.2) is 16.0 Å². The molecule has 0 saturated heterocycles. The van der Waals surface area contributed by atoms with Crippen LogP contribution in [0.25, 0.3) is 6.08 Å². The summed E-state index contributed by atoms with van der Waals surface area (Å²) >= 11 is 1.49. The van der Waals surface area contributed by atoms with Crippen LogP contribution >= 0.6 is 11.3 Å². The van der Waals surface area contributed by atoms with Crippen molar-refractivity contribution in [1.82, 2.24) is 4.57 Å². The normalized spacial score (nSPS) is 13.8. The lowest BCUT2D eigenvalue weighted by molar-refractivity contribution is 0.406. The van der Waals surface area contributed by atoms with Crippen molar-refractivity contribution < 1.29 is 5.11 Å². The van der Waals surface area contributed by atoms with Crippen LogP contribution in [-0.2, 0) is 6.54 Å². The van der Waals surface area contributed by atoms with Crippen molar-refractivity contribution in [3.63, 3.8) is 0 Å². The van der Waals surface area contributed by atoms with Crippen molar-refractivity contribution in [1.29, 1.82) is 0 Å². The molecule has 5 nitrogen and oxygen atoms in total. The van der Waals surface area contributed by atoms with Crippen LogP contribution in [0.15, 0.2) is 63.5 Å². The maximum atomic E-state index is 10.8. The van der Waals surface area contributed by atoms with Gasteiger partial charge in [0.05, 0.1) is 21.6 Å². The van der Waals surface area contributed by atoms with E-state index in [1.54, 1.807) is 6.34 Å². The van der Waals surface area contributed by atoms with Crippen molar-refractivity contribution in [3.05, 3.63) is 68.8 Å². The molecule has 4 rings (SSSR count). The average molecular weight is 376 g/mol. The average Bonchev–Trinajstić information content (AvgIpc) is 3.26. The van der Waals surface area contributed by atoms with Crippen LogP contribution in [0.2, 0.25) is 0 Å². The lowest BCUT2D eigenvalue weighted by atomic mass is 10.2. The molecule has 0 aliphatic carbocycles. The molecular weight excluding hydrogens is 356 g/mol. The van der Waals surface area contributed by atoms with Crippen LogP contribution in [0.1, 0.15) is 24.6 Å². The van der Waals surface area contributed by atoms with E-state index >= 15 is 0 Å². The highest BCUT2D eigenvalue weighted by Gasteiger charge is 2.11. The third-order valence-corrected chi connectivity index (χ3v) is 5.33. The summed E-state index contributed by atoms with van der Waals surface area (Å²) in [6.07, 6.45) is 5.58. The Balaban J connectivity index is 1.82. The summed E-state index contributed by atoms with van der Waals surface area (Å²) in [5.41, 5.74) is 1.73. The zero-order valence-electron chi connectivity index (χ0n) is 15.0. The lowest BCUT2D eigenvalue weighted by Crippen LogP contribution is -2.14. The number of thiazole rings is 1. The Kier molecular flexibility index (Phi) is 4.98. The van der Waals surface area contributed by atoms with Crippen molar-refractivity contribution in [2.24, 2.45) is 15.0 Å². The molecule has 1 aliphatic rings. The number of aromatic nitrogens is 1. The Morgan fingerprint density at radius 3 is 2.85 bits per heavy atom. The molecule has 0 atom stereocenters. The Morgan fingerprint density at radius 2 is 2.04 bits per heavy atom. The molecule has 0 radical (unpaired) electrons. The molecule has 1 aliphatic heterocycles. The summed E-state index contributed by atoms with van der Waals surface area (Å²) in [4.78, 5) is 14.8. The fraction of sp³-hybridized carbons (Fsp3) is 0.190. The first-order valence-electron chi connectivity index (χ1n) is 8.99. The number of benzene rings is 2. The van der Waals surface area contributed by atoms with Gasteiger partial charge in [-0.05, 0) is 42.0 Å².